The Hall–Kier alpha value is -1.76. The number of hydrogen-bond donors (Lipinski definition) is 1. The highest BCUT2D eigenvalue weighted by Crippen LogP contribution is 2.51. The van der Waals surface area contributed by atoms with E-state index in [1.165, 1.54) is 50.9 Å². The number of nitrogens with one attached hydrogen (secondary N) is 1. The number of nitrogens with zero attached hydrogens (tertiary/aromatic N) is 3. The van der Waals surface area contributed by atoms with E-state index in [2.05, 4.69) is 20.4 Å². The smallest absolute Gasteiger partial charge is 0.148 e. The van der Waals surface area contributed by atoms with E-state index in [4.69, 9.17) is 16.3 Å². The van der Waals surface area contributed by atoms with Crippen LogP contribution < -0.4 is 5.32 Å². The van der Waals surface area contributed by atoms with Crippen LogP contribution in [-0.4, -0.2) is 53.5 Å². The molecule has 7 heteroatoms. The maximum atomic E-state index is 13.5. The van der Waals surface area contributed by atoms with Crippen LogP contribution in [0.3, 0.4) is 0 Å². The van der Waals surface area contributed by atoms with Crippen molar-refractivity contribution >= 4 is 17.4 Å². The summed E-state index contributed by atoms with van der Waals surface area (Å²) < 4.78 is 18.9. The maximum Gasteiger partial charge on any atom is 0.148 e. The topological polar surface area (TPSA) is 50.3 Å². The maximum absolute atomic E-state index is 13.5. The summed E-state index contributed by atoms with van der Waals surface area (Å²) in [6.45, 7) is 4.46. The molecule has 158 valence electrons. The van der Waals surface area contributed by atoms with Gasteiger partial charge in [0.05, 0.1) is 23.9 Å². The van der Waals surface area contributed by atoms with Gasteiger partial charge in [-0.3, -0.25) is 4.90 Å². The summed E-state index contributed by atoms with van der Waals surface area (Å²) >= 11 is 6.18. The van der Waals surface area contributed by atoms with E-state index in [-0.39, 0.29) is 5.82 Å². The third-order valence-electron chi connectivity index (χ3n) is 7.67. The first-order valence-corrected chi connectivity index (χ1v) is 11.3. The SMILES string of the molecule is Fc1ccc(Cl)c(-c2ccc(NC3CC4CN(C5CC6(COC6)C5)CC4C3)nn2)c1. The molecule has 4 aliphatic rings. The zero-order chi connectivity index (χ0) is 20.3. The second kappa shape index (κ2) is 7.14. The first kappa shape index (κ1) is 19.0. The van der Waals surface area contributed by atoms with Gasteiger partial charge in [0.25, 0.3) is 0 Å². The van der Waals surface area contributed by atoms with Gasteiger partial charge in [0, 0.05) is 36.2 Å². The predicted octanol–water partition coefficient (Wildman–Crippen LogP) is 4.24. The molecule has 5 nitrogen and oxygen atoms in total. The monoisotopic (exact) mass is 428 g/mol. The molecule has 0 bridgehead atoms. The summed E-state index contributed by atoms with van der Waals surface area (Å²) in [7, 11) is 0. The summed E-state index contributed by atoms with van der Waals surface area (Å²) in [6, 6.07) is 9.29. The molecule has 1 spiro atoms. The summed E-state index contributed by atoms with van der Waals surface area (Å²) in [5.41, 5.74) is 1.70. The normalized spacial score (nSPS) is 30.1. The standard InChI is InChI=1S/C23H26ClFN4O/c24-20-2-1-16(25)7-19(20)21-3-4-22(28-27-21)26-17-5-14-10-29(11-15(14)6-17)18-8-23(9-18)12-30-13-23/h1-4,7,14-15,17-18H,5-6,8-13H2,(H,26,28). The zero-order valence-electron chi connectivity index (χ0n) is 16.9. The Morgan fingerprint density at radius 1 is 1.07 bits per heavy atom. The summed E-state index contributed by atoms with van der Waals surface area (Å²) in [5.74, 6) is 2.02. The van der Waals surface area contributed by atoms with Gasteiger partial charge >= 0.3 is 0 Å². The Kier molecular flexibility index (Phi) is 4.52. The molecule has 2 aliphatic heterocycles. The molecule has 2 saturated carbocycles. The fourth-order valence-corrected chi connectivity index (χ4v) is 6.25. The van der Waals surface area contributed by atoms with E-state index in [9.17, 15) is 4.39 Å². The number of rotatable bonds is 4. The van der Waals surface area contributed by atoms with Crippen molar-refractivity contribution in [3.05, 3.63) is 41.2 Å². The molecule has 2 atom stereocenters. The summed E-state index contributed by atoms with van der Waals surface area (Å²) in [5, 5.41) is 12.6. The Morgan fingerprint density at radius 2 is 1.83 bits per heavy atom. The van der Waals surface area contributed by atoms with E-state index in [0.717, 1.165) is 36.9 Å². The lowest BCUT2D eigenvalue weighted by molar-refractivity contribution is -0.183. The number of likely N-dealkylation sites (tertiary alicyclic amines) is 1. The summed E-state index contributed by atoms with van der Waals surface area (Å²) in [6.07, 6.45) is 5.07. The molecule has 4 fully saturated rings. The van der Waals surface area contributed by atoms with Crippen molar-refractivity contribution in [1.29, 1.82) is 0 Å². The van der Waals surface area contributed by atoms with Gasteiger partial charge in [0.1, 0.15) is 11.6 Å². The Labute approximate surface area is 181 Å². The predicted molar refractivity (Wildman–Crippen MR) is 114 cm³/mol. The van der Waals surface area contributed by atoms with Gasteiger partial charge in [-0.2, -0.15) is 0 Å². The minimum atomic E-state index is -0.331. The third-order valence-corrected chi connectivity index (χ3v) is 8.00. The molecule has 0 radical (unpaired) electrons. The van der Waals surface area contributed by atoms with Crippen molar-refractivity contribution in [2.24, 2.45) is 17.3 Å². The fourth-order valence-electron chi connectivity index (χ4n) is 6.03. The van der Waals surface area contributed by atoms with E-state index in [1.54, 1.807) is 6.07 Å². The van der Waals surface area contributed by atoms with E-state index in [0.29, 0.717) is 27.7 Å². The van der Waals surface area contributed by atoms with Gasteiger partial charge in [-0.25, -0.2) is 4.39 Å². The van der Waals surface area contributed by atoms with Crippen LogP contribution in [0.4, 0.5) is 10.2 Å². The first-order valence-electron chi connectivity index (χ1n) is 10.9. The highest BCUT2D eigenvalue weighted by molar-refractivity contribution is 6.33. The number of hydrogen-bond acceptors (Lipinski definition) is 5. The van der Waals surface area contributed by atoms with Crippen LogP contribution in [0.25, 0.3) is 11.3 Å². The van der Waals surface area contributed by atoms with Crippen molar-refractivity contribution in [2.45, 2.75) is 37.8 Å². The van der Waals surface area contributed by atoms with E-state index in [1.807, 2.05) is 12.1 Å². The van der Waals surface area contributed by atoms with Crippen LogP contribution in [0.1, 0.15) is 25.7 Å². The largest absolute Gasteiger partial charge is 0.380 e. The highest BCUT2D eigenvalue weighted by Gasteiger charge is 2.53. The molecule has 1 aromatic heterocycles. The molecule has 1 N–H and O–H groups in total. The van der Waals surface area contributed by atoms with Crippen molar-refractivity contribution in [3.63, 3.8) is 0 Å². The molecular weight excluding hydrogens is 403 g/mol. The Morgan fingerprint density at radius 3 is 2.47 bits per heavy atom. The van der Waals surface area contributed by atoms with Crippen LogP contribution >= 0.6 is 11.6 Å². The summed E-state index contributed by atoms with van der Waals surface area (Å²) in [4.78, 5) is 2.74. The molecular formula is C23H26ClFN4O. The van der Waals surface area contributed by atoms with Gasteiger partial charge in [-0.1, -0.05) is 11.6 Å². The molecule has 1 aromatic carbocycles. The van der Waals surface area contributed by atoms with E-state index < -0.39 is 0 Å². The lowest BCUT2D eigenvalue weighted by Gasteiger charge is -2.55. The molecule has 30 heavy (non-hydrogen) atoms. The number of benzene rings is 1. The number of fused-ring (bicyclic) bond motifs is 1. The zero-order valence-corrected chi connectivity index (χ0v) is 17.6. The quantitative estimate of drug-likeness (QED) is 0.789. The van der Waals surface area contributed by atoms with Gasteiger partial charge in [0.2, 0.25) is 0 Å². The molecule has 2 aliphatic carbocycles. The number of aromatic nitrogens is 2. The molecule has 2 aromatic rings. The number of halogens is 2. The average Bonchev–Trinajstić information content (AvgIpc) is 3.21. The average molecular weight is 429 g/mol. The second-order valence-corrected chi connectivity index (χ2v) is 10.2. The van der Waals surface area contributed by atoms with Gasteiger partial charge in [-0.15, -0.1) is 10.2 Å². The highest BCUT2D eigenvalue weighted by atomic mass is 35.5. The van der Waals surface area contributed by atoms with Gasteiger partial charge < -0.3 is 10.1 Å². The number of ether oxygens (including phenoxy) is 1. The van der Waals surface area contributed by atoms with Crippen LogP contribution in [-0.2, 0) is 4.74 Å². The molecule has 2 saturated heterocycles. The van der Waals surface area contributed by atoms with Crippen LogP contribution in [0, 0.1) is 23.1 Å². The Balaban J connectivity index is 1.04. The molecule has 3 heterocycles. The fraction of sp³-hybridized carbons (Fsp3) is 0.565. The third kappa shape index (κ3) is 3.29. The molecule has 0 amide bonds. The van der Waals surface area contributed by atoms with Crippen LogP contribution in [0.2, 0.25) is 5.02 Å². The second-order valence-electron chi connectivity index (χ2n) is 9.77. The van der Waals surface area contributed by atoms with Crippen LogP contribution in [0.5, 0.6) is 0 Å². The van der Waals surface area contributed by atoms with Crippen molar-refractivity contribution in [3.8, 4) is 11.3 Å². The van der Waals surface area contributed by atoms with E-state index >= 15 is 0 Å². The van der Waals surface area contributed by atoms with Gasteiger partial charge in [0.15, 0.2) is 0 Å². The van der Waals surface area contributed by atoms with Crippen molar-refractivity contribution < 1.29 is 9.13 Å². The van der Waals surface area contributed by atoms with Crippen LogP contribution in [0.15, 0.2) is 30.3 Å². The molecule has 2 unspecified atom stereocenters. The minimum Gasteiger partial charge on any atom is -0.380 e. The minimum absolute atomic E-state index is 0.331. The molecule has 6 rings (SSSR count). The Bertz CT molecular complexity index is 929. The lowest BCUT2D eigenvalue weighted by Crippen LogP contribution is -2.59. The first-order chi connectivity index (χ1) is 14.6. The van der Waals surface area contributed by atoms with Gasteiger partial charge in [-0.05, 0) is 67.9 Å². The van der Waals surface area contributed by atoms with Crippen molar-refractivity contribution in [1.82, 2.24) is 15.1 Å². The lowest BCUT2D eigenvalue weighted by atomic mass is 9.63. The van der Waals surface area contributed by atoms with Crippen molar-refractivity contribution in [2.75, 3.05) is 31.6 Å². The number of anilines is 1.